The van der Waals surface area contributed by atoms with Crippen LogP contribution in [-0.4, -0.2) is 96.2 Å². The molecular weight excluding hydrogens is 618 g/mol. The Balaban J connectivity index is 1.63. The van der Waals surface area contributed by atoms with Crippen LogP contribution in [0.2, 0.25) is 0 Å². The summed E-state index contributed by atoms with van der Waals surface area (Å²) in [4.78, 5) is 60.0. The molecule has 5 atom stereocenters. The molecule has 1 saturated heterocycles. The van der Waals surface area contributed by atoms with Crippen molar-refractivity contribution in [3.05, 3.63) is 28.8 Å². The average molecular weight is 672 g/mol. The maximum Gasteiger partial charge on any atom is 0.407 e. The first-order valence-corrected chi connectivity index (χ1v) is 17.0. The normalized spacial score (nSPS) is 23.2. The number of alkyl carbamates (subject to hydrolysis) is 1. The Morgan fingerprint density at radius 1 is 1.12 bits per heavy atom. The molecule has 13 nitrogen and oxygen atoms in total. The molecule has 0 radical (unpaired) electrons. The molecule has 2 heterocycles. The van der Waals surface area contributed by atoms with E-state index < -0.39 is 59.1 Å². The first kappa shape index (κ1) is 37.1. The molecule has 1 aromatic rings. The molecule has 2 fully saturated rings. The number of aliphatic hydroxyl groups excluding tert-OH is 1. The van der Waals surface area contributed by atoms with Crippen LogP contribution < -0.4 is 20.7 Å². The number of hydrogen-bond donors (Lipinski definition) is 4. The number of ketones is 1. The van der Waals surface area contributed by atoms with Gasteiger partial charge in [-0.25, -0.2) is 4.79 Å². The molecular formula is C35H53N5O8. The van der Waals surface area contributed by atoms with Gasteiger partial charge in [0.15, 0.2) is 5.60 Å². The van der Waals surface area contributed by atoms with Crippen molar-refractivity contribution >= 4 is 29.4 Å². The smallest absolute Gasteiger partial charge is 0.407 e. The van der Waals surface area contributed by atoms with Gasteiger partial charge >= 0.3 is 6.09 Å². The predicted octanol–water partition coefficient (Wildman–Crippen LogP) is 3.25. The van der Waals surface area contributed by atoms with Gasteiger partial charge in [-0.3, -0.25) is 19.3 Å². The van der Waals surface area contributed by atoms with Gasteiger partial charge in [-0.2, -0.15) is 0 Å². The van der Waals surface area contributed by atoms with Crippen molar-refractivity contribution in [2.24, 2.45) is 10.6 Å². The Bertz CT molecular complexity index is 1380. The number of Topliss-reactive ketones (excluding diaryl/α,β-unsaturated/α-hetero) is 1. The van der Waals surface area contributed by atoms with Gasteiger partial charge in [-0.15, -0.1) is 0 Å². The summed E-state index contributed by atoms with van der Waals surface area (Å²) in [5.41, 5.74) is 1.83. The number of rotatable bonds is 12. The summed E-state index contributed by atoms with van der Waals surface area (Å²) in [7, 11) is 2.99. The molecule has 0 aromatic heterocycles. The third-order valence-electron chi connectivity index (χ3n) is 9.66. The lowest BCUT2D eigenvalue weighted by molar-refractivity contribution is -0.141. The summed E-state index contributed by atoms with van der Waals surface area (Å²) >= 11 is 0. The number of likely N-dealkylation sites (N-methyl/N-ethyl adjacent to an activating group) is 1. The van der Waals surface area contributed by atoms with E-state index in [1.807, 2.05) is 53.7 Å². The molecule has 266 valence electrons. The largest absolute Gasteiger partial charge is 0.496 e. The molecule has 48 heavy (non-hydrogen) atoms. The number of carbonyl (C=O) groups excluding carboxylic acids is 4. The van der Waals surface area contributed by atoms with E-state index in [-0.39, 0.29) is 25.5 Å². The molecule has 3 amide bonds. The lowest BCUT2D eigenvalue weighted by Crippen LogP contribution is -2.61. The van der Waals surface area contributed by atoms with Crippen molar-refractivity contribution in [1.82, 2.24) is 20.9 Å². The number of benzene rings is 1. The van der Waals surface area contributed by atoms with E-state index in [1.54, 1.807) is 12.0 Å². The van der Waals surface area contributed by atoms with Crippen molar-refractivity contribution < 1.29 is 38.6 Å². The number of oxime groups is 1. The molecule has 4 rings (SSSR count). The zero-order valence-corrected chi connectivity index (χ0v) is 29.6. The number of ether oxygens (including phenoxy) is 2. The van der Waals surface area contributed by atoms with Crippen LogP contribution in [0.15, 0.2) is 17.3 Å². The monoisotopic (exact) mass is 671 g/mol. The number of amides is 3. The van der Waals surface area contributed by atoms with Gasteiger partial charge in [-0.05, 0) is 74.6 Å². The lowest BCUT2D eigenvalue weighted by atomic mass is 9.85. The fourth-order valence-electron chi connectivity index (χ4n) is 7.16. The number of aliphatic hydroxyl groups is 1. The lowest BCUT2D eigenvalue weighted by Gasteiger charge is -2.40. The fraction of sp³-hybridized carbons (Fsp3) is 0.686. The molecule has 1 spiro atoms. The van der Waals surface area contributed by atoms with E-state index >= 15 is 0 Å². The Hall–Kier alpha value is -3.71. The third kappa shape index (κ3) is 8.28. The molecule has 1 aliphatic carbocycles. The van der Waals surface area contributed by atoms with Crippen molar-refractivity contribution in [3.8, 4) is 5.75 Å². The van der Waals surface area contributed by atoms with Crippen LogP contribution in [0.4, 0.5) is 4.79 Å². The highest BCUT2D eigenvalue weighted by atomic mass is 16.7. The second-order valence-corrected chi connectivity index (χ2v) is 14.5. The van der Waals surface area contributed by atoms with Gasteiger partial charge in [0, 0.05) is 32.0 Å². The van der Waals surface area contributed by atoms with Crippen molar-refractivity contribution in [2.45, 2.75) is 129 Å². The second-order valence-electron chi connectivity index (χ2n) is 14.5. The average Bonchev–Trinajstić information content (AvgIpc) is 3.78. The highest BCUT2D eigenvalue weighted by Gasteiger charge is 2.56. The second kappa shape index (κ2) is 15.2. The minimum absolute atomic E-state index is 0.112. The van der Waals surface area contributed by atoms with Gasteiger partial charge in [0.2, 0.25) is 11.7 Å². The summed E-state index contributed by atoms with van der Waals surface area (Å²) < 4.78 is 11.2. The number of nitrogens with one attached hydrogen (secondary N) is 3. The van der Waals surface area contributed by atoms with Crippen LogP contribution in [0.5, 0.6) is 5.75 Å². The molecule has 1 aromatic carbocycles. The highest BCUT2D eigenvalue weighted by Crippen LogP contribution is 2.41. The maximum atomic E-state index is 14.1. The summed E-state index contributed by atoms with van der Waals surface area (Å²) in [6.07, 6.45) is 2.78. The van der Waals surface area contributed by atoms with Crippen LogP contribution in [0, 0.1) is 19.3 Å². The quantitative estimate of drug-likeness (QED) is 0.244. The first-order chi connectivity index (χ1) is 22.6. The zero-order chi connectivity index (χ0) is 35.4. The van der Waals surface area contributed by atoms with Gasteiger partial charge in [0.05, 0.1) is 30.9 Å². The Kier molecular flexibility index (Phi) is 11.8. The summed E-state index contributed by atoms with van der Waals surface area (Å²) in [6, 6.07) is 1.10. The van der Waals surface area contributed by atoms with Gasteiger partial charge < -0.3 is 35.4 Å². The Labute approximate surface area is 283 Å². The Morgan fingerprint density at radius 2 is 1.77 bits per heavy atom. The molecule has 3 aliphatic rings. The SMILES string of the molecule is CCC[C@H](NC(=O)[C@@H]1C[C@]2(CC(c3cc(C)c(OC)c(C)c3)=NO2)CN1C(O)[C@@H](NC(=O)OC1CCCC1)C(C)(C)C)C(=O)C(=O)NC. The van der Waals surface area contributed by atoms with Crippen LogP contribution >= 0.6 is 0 Å². The number of aryl methyl sites for hydroxylation is 2. The van der Waals surface area contributed by atoms with E-state index in [0.29, 0.717) is 18.6 Å². The molecule has 1 saturated carbocycles. The first-order valence-electron chi connectivity index (χ1n) is 17.0. The number of likely N-dealkylation sites (tertiary alicyclic amines) is 1. The number of carbonyl (C=O) groups is 4. The molecule has 4 N–H and O–H groups in total. The number of nitrogens with zero attached hydrogens (tertiary/aromatic N) is 2. The van der Waals surface area contributed by atoms with E-state index in [0.717, 1.165) is 48.1 Å². The highest BCUT2D eigenvalue weighted by molar-refractivity contribution is 6.38. The minimum Gasteiger partial charge on any atom is -0.496 e. The predicted molar refractivity (Wildman–Crippen MR) is 180 cm³/mol. The van der Waals surface area contributed by atoms with Crippen LogP contribution in [-0.2, 0) is 24.0 Å². The summed E-state index contributed by atoms with van der Waals surface area (Å²) in [5.74, 6) is -1.28. The molecule has 1 unspecified atom stereocenters. The van der Waals surface area contributed by atoms with E-state index in [1.165, 1.54) is 7.05 Å². The topological polar surface area (TPSA) is 168 Å². The number of hydrogen-bond acceptors (Lipinski definition) is 10. The molecule has 0 bridgehead atoms. The van der Waals surface area contributed by atoms with Crippen LogP contribution in [0.3, 0.4) is 0 Å². The van der Waals surface area contributed by atoms with Crippen LogP contribution in [0.1, 0.15) is 95.8 Å². The van der Waals surface area contributed by atoms with Crippen molar-refractivity contribution in [2.75, 3.05) is 20.7 Å². The van der Waals surface area contributed by atoms with Crippen LogP contribution in [0.25, 0.3) is 0 Å². The molecule has 13 heteroatoms. The van der Waals surface area contributed by atoms with Gasteiger partial charge in [0.1, 0.15) is 18.1 Å². The third-order valence-corrected chi connectivity index (χ3v) is 9.66. The molecule has 2 aliphatic heterocycles. The zero-order valence-electron chi connectivity index (χ0n) is 29.6. The summed E-state index contributed by atoms with van der Waals surface area (Å²) in [6.45, 7) is 11.5. The Morgan fingerprint density at radius 3 is 2.33 bits per heavy atom. The number of methoxy groups -OCH3 is 1. The van der Waals surface area contributed by atoms with Crippen molar-refractivity contribution in [1.29, 1.82) is 0 Å². The van der Waals surface area contributed by atoms with E-state index in [9.17, 15) is 24.3 Å². The van der Waals surface area contributed by atoms with E-state index in [4.69, 9.17) is 14.3 Å². The summed E-state index contributed by atoms with van der Waals surface area (Å²) in [5, 5.41) is 24.5. The maximum absolute atomic E-state index is 14.1. The minimum atomic E-state index is -1.34. The standard InChI is InChI=1S/C35H53N5O8/c1-9-12-24(27(41)31(43)36-7)37-30(42)26-18-35(17-25(39-48-35)22-15-20(2)28(46-8)21(3)16-22)19-40(26)32(44)29(34(4,5)6)38-33(45)47-23-13-10-11-14-23/h15-16,23-24,26,29,32,44H,9-14,17-19H2,1-8H3,(H,36,43)(H,37,42)(H,38,45)/t24-,26-,29+,32?,35+/m0/s1. The fourth-order valence-corrected chi connectivity index (χ4v) is 7.16. The van der Waals surface area contributed by atoms with Gasteiger partial charge in [-0.1, -0.05) is 39.3 Å². The van der Waals surface area contributed by atoms with Gasteiger partial charge in [0.25, 0.3) is 5.91 Å². The van der Waals surface area contributed by atoms with E-state index in [2.05, 4.69) is 21.1 Å². The van der Waals surface area contributed by atoms with Crippen molar-refractivity contribution in [3.63, 3.8) is 0 Å².